The van der Waals surface area contributed by atoms with Crippen LogP contribution < -0.4 is 4.90 Å². The van der Waals surface area contributed by atoms with Gasteiger partial charge in [0, 0.05) is 40.8 Å². The molecule has 7 heteroatoms. The molecule has 29 heavy (non-hydrogen) atoms. The van der Waals surface area contributed by atoms with Gasteiger partial charge in [-0.05, 0) is 55.2 Å². The summed E-state index contributed by atoms with van der Waals surface area (Å²) in [5.41, 5.74) is 3.56. The minimum atomic E-state index is -0.809. The highest BCUT2D eigenvalue weighted by Crippen LogP contribution is 2.57. The molecule has 0 bridgehead atoms. The van der Waals surface area contributed by atoms with E-state index in [4.69, 9.17) is 16.7 Å². The lowest BCUT2D eigenvalue weighted by Gasteiger charge is -2.19. The van der Waals surface area contributed by atoms with Gasteiger partial charge in [0.15, 0.2) is 0 Å². The fourth-order valence-corrected chi connectivity index (χ4v) is 4.68. The summed E-state index contributed by atoms with van der Waals surface area (Å²) in [6.07, 6.45) is 5.91. The maximum Gasteiger partial charge on any atom is 0.303 e. The molecular formula is C22H20ClN3O3. The fourth-order valence-electron chi connectivity index (χ4n) is 4.50. The van der Waals surface area contributed by atoms with Crippen molar-refractivity contribution in [2.75, 3.05) is 4.90 Å². The SMILES string of the molecule is O=C(O)CCCn1c(CN2C(=O)C3(CC3)c3ccncc32)cc2cc(Cl)ccc21. The zero-order chi connectivity index (χ0) is 20.2. The van der Waals surface area contributed by atoms with Crippen LogP contribution in [0.25, 0.3) is 10.9 Å². The van der Waals surface area contributed by atoms with Crippen LogP contribution in [0.3, 0.4) is 0 Å². The highest BCUT2D eigenvalue weighted by Gasteiger charge is 2.59. The first kappa shape index (κ1) is 18.2. The van der Waals surface area contributed by atoms with Gasteiger partial charge in [-0.25, -0.2) is 0 Å². The maximum atomic E-state index is 13.2. The molecule has 5 rings (SSSR count). The molecule has 1 aliphatic heterocycles. The van der Waals surface area contributed by atoms with E-state index in [2.05, 4.69) is 9.55 Å². The van der Waals surface area contributed by atoms with Crippen molar-refractivity contribution in [3.05, 3.63) is 59.0 Å². The van der Waals surface area contributed by atoms with E-state index in [9.17, 15) is 9.59 Å². The summed E-state index contributed by atoms with van der Waals surface area (Å²) >= 11 is 6.17. The third-order valence-electron chi connectivity index (χ3n) is 6.05. The molecule has 1 amide bonds. The molecule has 0 saturated heterocycles. The number of hydrogen-bond donors (Lipinski definition) is 1. The van der Waals surface area contributed by atoms with Gasteiger partial charge in [0.25, 0.3) is 0 Å². The highest BCUT2D eigenvalue weighted by atomic mass is 35.5. The zero-order valence-electron chi connectivity index (χ0n) is 15.8. The monoisotopic (exact) mass is 409 g/mol. The van der Waals surface area contributed by atoms with Gasteiger partial charge in [-0.15, -0.1) is 0 Å². The van der Waals surface area contributed by atoms with Crippen LogP contribution in [0.4, 0.5) is 5.69 Å². The number of benzene rings is 1. The van der Waals surface area contributed by atoms with Crippen molar-refractivity contribution >= 4 is 40.1 Å². The van der Waals surface area contributed by atoms with E-state index >= 15 is 0 Å². The predicted octanol–water partition coefficient (Wildman–Crippen LogP) is 4.13. The Kier molecular flexibility index (Phi) is 4.13. The number of anilines is 1. The number of pyridine rings is 1. The topological polar surface area (TPSA) is 75.4 Å². The molecule has 2 aliphatic rings. The lowest BCUT2D eigenvalue weighted by molar-refractivity contribution is -0.137. The van der Waals surface area contributed by atoms with E-state index in [1.54, 1.807) is 12.4 Å². The summed E-state index contributed by atoms with van der Waals surface area (Å²) in [7, 11) is 0. The number of carboxylic acids is 1. The molecule has 2 aromatic heterocycles. The van der Waals surface area contributed by atoms with Crippen LogP contribution in [-0.2, 0) is 28.1 Å². The molecule has 0 unspecified atom stereocenters. The van der Waals surface area contributed by atoms with E-state index in [-0.39, 0.29) is 17.7 Å². The molecule has 1 fully saturated rings. The molecular weight excluding hydrogens is 390 g/mol. The molecule has 1 aliphatic carbocycles. The van der Waals surface area contributed by atoms with Gasteiger partial charge in [0.1, 0.15) is 0 Å². The van der Waals surface area contributed by atoms with Gasteiger partial charge in [0.2, 0.25) is 5.91 Å². The van der Waals surface area contributed by atoms with Crippen molar-refractivity contribution in [2.45, 2.75) is 44.2 Å². The minimum Gasteiger partial charge on any atom is -0.481 e. The number of aryl methyl sites for hydroxylation is 1. The van der Waals surface area contributed by atoms with Crippen molar-refractivity contribution in [1.82, 2.24) is 9.55 Å². The number of carbonyl (C=O) groups excluding carboxylic acids is 1. The Labute approximate surface area is 172 Å². The summed E-state index contributed by atoms with van der Waals surface area (Å²) < 4.78 is 2.11. The summed E-state index contributed by atoms with van der Waals surface area (Å²) in [5, 5.41) is 10.6. The molecule has 1 saturated carbocycles. The first-order valence-electron chi connectivity index (χ1n) is 9.75. The highest BCUT2D eigenvalue weighted by molar-refractivity contribution is 6.31. The van der Waals surface area contributed by atoms with Gasteiger partial charge in [-0.2, -0.15) is 0 Å². The van der Waals surface area contributed by atoms with Crippen molar-refractivity contribution in [2.24, 2.45) is 0 Å². The van der Waals surface area contributed by atoms with Crippen molar-refractivity contribution in [1.29, 1.82) is 0 Å². The van der Waals surface area contributed by atoms with Crippen LogP contribution in [0.5, 0.6) is 0 Å². The minimum absolute atomic E-state index is 0.102. The summed E-state index contributed by atoms with van der Waals surface area (Å²) in [6, 6.07) is 9.69. The van der Waals surface area contributed by atoms with E-state index in [1.807, 2.05) is 35.2 Å². The van der Waals surface area contributed by atoms with Gasteiger partial charge in [-0.3, -0.25) is 14.6 Å². The molecule has 3 heterocycles. The van der Waals surface area contributed by atoms with Gasteiger partial charge in [-0.1, -0.05) is 11.6 Å². The summed E-state index contributed by atoms with van der Waals surface area (Å²) in [6.45, 7) is 0.998. The first-order valence-corrected chi connectivity index (χ1v) is 10.1. The van der Waals surface area contributed by atoms with Crippen molar-refractivity contribution in [3.63, 3.8) is 0 Å². The quantitative estimate of drug-likeness (QED) is 0.664. The van der Waals surface area contributed by atoms with Crippen molar-refractivity contribution < 1.29 is 14.7 Å². The second kappa shape index (κ2) is 6.59. The number of amides is 1. The summed E-state index contributed by atoms with van der Waals surface area (Å²) in [5.74, 6) is -0.669. The molecule has 1 aromatic carbocycles. The summed E-state index contributed by atoms with van der Waals surface area (Å²) in [4.78, 5) is 30.3. The fraction of sp³-hybridized carbons (Fsp3) is 0.318. The third-order valence-corrected chi connectivity index (χ3v) is 6.29. The van der Waals surface area contributed by atoms with E-state index in [0.29, 0.717) is 24.5 Å². The van der Waals surface area contributed by atoms with E-state index in [1.165, 1.54) is 0 Å². The van der Waals surface area contributed by atoms with Crippen LogP contribution in [0.15, 0.2) is 42.7 Å². The Morgan fingerprint density at radius 2 is 2.07 bits per heavy atom. The number of carboxylic acid groups (broad SMARTS) is 1. The lowest BCUT2D eigenvalue weighted by Crippen LogP contribution is -2.32. The number of nitrogens with zero attached hydrogens (tertiary/aromatic N) is 3. The van der Waals surface area contributed by atoms with Crippen LogP contribution in [0, 0.1) is 0 Å². The molecule has 148 valence electrons. The Bertz CT molecular complexity index is 1150. The number of hydrogen-bond acceptors (Lipinski definition) is 3. The second-order valence-electron chi connectivity index (χ2n) is 7.85. The number of fused-ring (bicyclic) bond motifs is 3. The first-order chi connectivity index (χ1) is 14.0. The molecule has 3 aromatic rings. The Balaban J connectivity index is 1.53. The Hall–Kier alpha value is -2.86. The maximum absolute atomic E-state index is 13.2. The van der Waals surface area contributed by atoms with Gasteiger partial charge in [0.05, 0.1) is 23.8 Å². The number of aromatic nitrogens is 2. The van der Waals surface area contributed by atoms with Crippen LogP contribution >= 0.6 is 11.6 Å². The number of carbonyl (C=O) groups is 2. The third kappa shape index (κ3) is 2.90. The number of halogens is 1. The standard InChI is InChI=1S/C22H20ClN3O3/c23-15-3-4-18-14(10-15)11-16(25(18)9-1-2-20(27)28)13-26-19-12-24-8-5-17(19)22(6-7-22)21(26)29/h3-5,8,10-12H,1-2,6-7,9,13H2,(H,27,28). The predicted molar refractivity (Wildman–Crippen MR) is 110 cm³/mol. The molecule has 0 radical (unpaired) electrons. The van der Waals surface area contributed by atoms with Crippen LogP contribution in [-0.4, -0.2) is 26.5 Å². The number of rotatable bonds is 6. The molecule has 6 nitrogen and oxygen atoms in total. The Morgan fingerprint density at radius 1 is 1.24 bits per heavy atom. The lowest BCUT2D eigenvalue weighted by atomic mass is 9.99. The average Bonchev–Trinajstić information content (AvgIpc) is 3.39. The van der Waals surface area contributed by atoms with E-state index in [0.717, 1.165) is 40.7 Å². The average molecular weight is 410 g/mol. The largest absolute Gasteiger partial charge is 0.481 e. The van der Waals surface area contributed by atoms with Crippen LogP contribution in [0.1, 0.15) is 36.9 Å². The number of aliphatic carboxylic acids is 1. The van der Waals surface area contributed by atoms with Gasteiger partial charge < -0.3 is 14.6 Å². The smallest absolute Gasteiger partial charge is 0.303 e. The van der Waals surface area contributed by atoms with E-state index < -0.39 is 5.97 Å². The normalized spacial score (nSPS) is 16.6. The second-order valence-corrected chi connectivity index (χ2v) is 8.29. The van der Waals surface area contributed by atoms with Crippen LogP contribution in [0.2, 0.25) is 5.02 Å². The molecule has 1 spiro atoms. The molecule has 1 N–H and O–H groups in total. The van der Waals surface area contributed by atoms with Crippen molar-refractivity contribution in [3.8, 4) is 0 Å². The Morgan fingerprint density at radius 3 is 2.83 bits per heavy atom. The zero-order valence-corrected chi connectivity index (χ0v) is 16.5. The van der Waals surface area contributed by atoms with Gasteiger partial charge >= 0.3 is 5.97 Å². The molecule has 0 atom stereocenters.